The Morgan fingerprint density at radius 2 is 2.12 bits per heavy atom. The van der Waals surface area contributed by atoms with Crippen molar-refractivity contribution < 1.29 is 9.53 Å². The molecule has 5 nitrogen and oxygen atoms in total. The molecule has 0 bridgehead atoms. The summed E-state index contributed by atoms with van der Waals surface area (Å²) in [5.41, 5.74) is 4.95. The van der Waals surface area contributed by atoms with Crippen LogP contribution in [-0.2, 0) is 11.2 Å². The molecule has 0 N–H and O–H groups in total. The molecule has 0 amide bonds. The third-order valence-electron chi connectivity index (χ3n) is 3.78. The van der Waals surface area contributed by atoms with E-state index in [1.165, 1.54) is 11.3 Å². The van der Waals surface area contributed by atoms with E-state index in [-0.39, 0.29) is 5.97 Å². The number of aliphatic imine (C=N–C) groups is 1. The first kappa shape index (κ1) is 17.5. The van der Waals surface area contributed by atoms with Crippen LogP contribution in [0.2, 0.25) is 0 Å². The van der Waals surface area contributed by atoms with Crippen molar-refractivity contribution in [1.29, 1.82) is 5.26 Å². The molecule has 0 aliphatic carbocycles. The zero-order valence-electron chi connectivity index (χ0n) is 14.0. The van der Waals surface area contributed by atoms with Crippen LogP contribution >= 0.6 is 23.3 Å². The molecule has 2 aromatic rings. The summed E-state index contributed by atoms with van der Waals surface area (Å²) >= 11 is 2.90. The molecule has 128 valence electrons. The van der Waals surface area contributed by atoms with Crippen LogP contribution in [0.4, 0.5) is 5.69 Å². The smallest absolute Gasteiger partial charge is 0.348 e. The fourth-order valence-corrected chi connectivity index (χ4v) is 4.36. The van der Waals surface area contributed by atoms with Gasteiger partial charge in [0, 0.05) is 28.1 Å². The van der Waals surface area contributed by atoms with Gasteiger partial charge in [-0.1, -0.05) is 19.1 Å². The summed E-state index contributed by atoms with van der Waals surface area (Å²) in [6, 6.07) is 10.1. The van der Waals surface area contributed by atoms with Gasteiger partial charge in [0.25, 0.3) is 0 Å². The van der Waals surface area contributed by atoms with Gasteiger partial charge in [0.1, 0.15) is 17.6 Å². The maximum Gasteiger partial charge on any atom is 0.348 e. The molecule has 25 heavy (non-hydrogen) atoms. The lowest BCUT2D eigenvalue weighted by atomic mass is 10.00. The lowest BCUT2D eigenvalue weighted by molar-refractivity contribution is 0.0533. The van der Waals surface area contributed by atoms with E-state index in [2.05, 4.69) is 15.4 Å². The standard InChI is InChI=1S/C18H17N3O2S2/c1-3-15-14(9-19)16(17(25-15)18(22)23-4-2)12-5-7-13(8-6-12)21-10-20-11-24-21/h5-8,11H,3-4,10H2,1-2H3. The molecule has 7 heteroatoms. The number of carbonyl (C=O) groups is 1. The predicted molar refractivity (Wildman–Crippen MR) is 103 cm³/mol. The quantitative estimate of drug-likeness (QED) is 0.573. The average Bonchev–Trinajstić information content (AvgIpc) is 3.29. The highest BCUT2D eigenvalue weighted by atomic mass is 32.2. The Morgan fingerprint density at radius 1 is 1.36 bits per heavy atom. The van der Waals surface area contributed by atoms with Gasteiger partial charge in [0.15, 0.2) is 0 Å². The number of hydrogen-bond acceptors (Lipinski definition) is 7. The molecule has 1 aliphatic heterocycles. The predicted octanol–water partition coefficient (Wildman–Crippen LogP) is 4.48. The minimum Gasteiger partial charge on any atom is -0.462 e. The minimum absolute atomic E-state index is 0.310. The van der Waals surface area contributed by atoms with Gasteiger partial charge in [0.05, 0.1) is 17.7 Å². The Hall–Kier alpha value is -2.30. The van der Waals surface area contributed by atoms with Crippen LogP contribution in [0.15, 0.2) is 29.3 Å². The first-order chi connectivity index (χ1) is 12.2. The van der Waals surface area contributed by atoms with E-state index in [1.807, 2.05) is 36.7 Å². The van der Waals surface area contributed by atoms with Crippen molar-refractivity contribution in [3.63, 3.8) is 0 Å². The first-order valence-corrected chi connectivity index (χ1v) is 9.60. The number of aryl methyl sites for hydroxylation is 1. The number of thiophene rings is 1. The second-order valence-electron chi connectivity index (χ2n) is 5.25. The molecule has 1 aromatic carbocycles. The maximum absolute atomic E-state index is 12.4. The van der Waals surface area contributed by atoms with Crippen LogP contribution in [-0.4, -0.2) is 24.8 Å². The number of benzene rings is 1. The zero-order valence-corrected chi connectivity index (χ0v) is 15.6. The molecule has 3 rings (SSSR count). The molecule has 1 aromatic heterocycles. The number of carbonyl (C=O) groups excluding carboxylic acids is 1. The fourth-order valence-electron chi connectivity index (χ4n) is 2.63. The molecule has 0 saturated carbocycles. The van der Waals surface area contributed by atoms with E-state index >= 15 is 0 Å². The number of hydrogen-bond donors (Lipinski definition) is 0. The van der Waals surface area contributed by atoms with Crippen molar-refractivity contribution in [3.05, 3.63) is 39.6 Å². The van der Waals surface area contributed by atoms with Crippen LogP contribution in [0.3, 0.4) is 0 Å². The van der Waals surface area contributed by atoms with E-state index in [4.69, 9.17) is 4.74 Å². The number of nitrogens with zero attached hydrogens (tertiary/aromatic N) is 3. The number of rotatable bonds is 5. The Balaban J connectivity index is 2.04. The van der Waals surface area contributed by atoms with Crippen molar-refractivity contribution in [2.75, 3.05) is 17.6 Å². The van der Waals surface area contributed by atoms with E-state index < -0.39 is 0 Å². The van der Waals surface area contributed by atoms with Crippen molar-refractivity contribution in [3.8, 4) is 17.2 Å². The zero-order chi connectivity index (χ0) is 17.8. The molecule has 2 heterocycles. The summed E-state index contributed by atoms with van der Waals surface area (Å²) in [6.07, 6.45) is 0.708. The molecule has 0 spiro atoms. The van der Waals surface area contributed by atoms with Gasteiger partial charge in [-0.25, -0.2) is 4.79 Å². The van der Waals surface area contributed by atoms with Crippen LogP contribution in [0, 0.1) is 11.3 Å². The Bertz CT molecular complexity index is 842. The van der Waals surface area contributed by atoms with Crippen LogP contribution in [0.1, 0.15) is 34.0 Å². The Morgan fingerprint density at radius 3 is 2.68 bits per heavy atom. The van der Waals surface area contributed by atoms with Crippen molar-refractivity contribution in [2.45, 2.75) is 20.3 Å². The Kier molecular flexibility index (Phi) is 5.41. The topological polar surface area (TPSA) is 65.7 Å². The van der Waals surface area contributed by atoms with Crippen molar-refractivity contribution in [2.24, 2.45) is 4.99 Å². The lowest BCUT2D eigenvalue weighted by Crippen LogP contribution is -2.09. The van der Waals surface area contributed by atoms with Gasteiger partial charge >= 0.3 is 5.97 Å². The molecule has 0 unspecified atom stereocenters. The molecule has 1 aliphatic rings. The third kappa shape index (κ3) is 3.41. The Labute approximate surface area is 155 Å². The molecule has 0 saturated heterocycles. The monoisotopic (exact) mass is 371 g/mol. The summed E-state index contributed by atoms with van der Waals surface area (Å²) in [5.74, 6) is -0.369. The summed E-state index contributed by atoms with van der Waals surface area (Å²) in [7, 11) is 0. The van der Waals surface area contributed by atoms with Gasteiger partial charge in [-0.2, -0.15) is 5.26 Å². The van der Waals surface area contributed by atoms with Crippen LogP contribution in [0.25, 0.3) is 11.1 Å². The van der Waals surface area contributed by atoms with E-state index in [1.54, 1.807) is 18.9 Å². The van der Waals surface area contributed by atoms with Crippen molar-refractivity contribution >= 4 is 40.5 Å². The number of nitriles is 1. The molecule has 0 fully saturated rings. The molecular formula is C18H17N3O2S2. The first-order valence-electron chi connectivity index (χ1n) is 7.95. The van der Waals surface area contributed by atoms with Gasteiger partial charge in [-0.05, 0) is 31.0 Å². The normalized spacial score (nSPS) is 13.1. The van der Waals surface area contributed by atoms with E-state index in [0.717, 1.165) is 16.1 Å². The largest absolute Gasteiger partial charge is 0.462 e. The highest BCUT2D eigenvalue weighted by Gasteiger charge is 2.24. The second kappa shape index (κ2) is 7.72. The van der Waals surface area contributed by atoms with E-state index in [9.17, 15) is 10.1 Å². The number of anilines is 1. The maximum atomic E-state index is 12.4. The molecule has 0 radical (unpaired) electrons. The highest BCUT2D eigenvalue weighted by molar-refractivity contribution is 8.13. The lowest BCUT2D eigenvalue weighted by Gasteiger charge is -2.15. The van der Waals surface area contributed by atoms with Crippen molar-refractivity contribution in [1.82, 2.24) is 0 Å². The van der Waals surface area contributed by atoms with Crippen LogP contribution < -0.4 is 4.31 Å². The highest BCUT2D eigenvalue weighted by Crippen LogP contribution is 2.38. The van der Waals surface area contributed by atoms with E-state index in [0.29, 0.717) is 35.7 Å². The second-order valence-corrected chi connectivity index (χ2v) is 7.22. The molecule has 0 atom stereocenters. The summed E-state index contributed by atoms with van der Waals surface area (Å²) in [4.78, 5) is 18.0. The molecular weight excluding hydrogens is 354 g/mol. The summed E-state index contributed by atoms with van der Waals surface area (Å²) < 4.78 is 7.25. The van der Waals surface area contributed by atoms with Crippen LogP contribution in [0.5, 0.6) is 0 Å². The van der Waals surface area contributed by atoms with Gasteiger partial charge < -0.3 is 4.74 Å². The fraction of sp³-hybridized carbons (Fsp3) is 0.278. The minimum atomic E-state index is -0.369. The number of esters is 1. The van der Waals surface area contributed by atoms with Gasteiger partial charge in [0.2, 0.25) is 0 Å². The third-order valence-corrected chi connectivity index (χ3v) is 5.92. The van der Waals surface area contributed by atoms with Gasteiger partial charge in [-0.3, -0.25) is 9.30 Å². The summed E-state index contributed by atoms with van der Waals surface area (Å²) in [5, 5.41) is 9.62. The number of ether oxygens (including phenoxy) is 1. The average molecular weight is 371 g/mol. The summed E-state index contributed by atoms with van der Waals surface area (Å²) in [6.45, 7) is 4.70. The SMILES string of the molecule is CCOC(=O)c1sc(CC)c(C#N)c1-c1ccc(N2CN=CS2)cc1. The van der Waals surface area contributed by atoms with Gasteiger partial charge in [-0.15, -0.1) is 11.3 Å².